The van der Waals surface area contributed by atoms with E-state index in [9.17, 15) is 9.59 Å². The molecule has 0 aliphatic carbocycles. The Morgan fingerprint density at radius 2 is 2.16 bits per heavy atom. The largest absolute Gasteiger partial charge is 0.487 e. The number of hydrogen-bond donors (Lipinski definition) is 2. The summed E-state index contributed by atoms with van der Waals surface area (Å²) in [5, 5.41) is 7.42. The van der Waals surface area contributed by atoms with Crippen LogP contribution in [-0.4, -0.2) is 43.4 Å². The van der Waals surface area contributed by atoms with Crippen molar-refractivity contribution in [2.75, 3.05) is 30.8 Å². The Hall–Kier alpha value is -1.99. The molecule has 134 valence electrons. The highest BCUT2D eigenvalue weighted by Gasteiger charge is 2.18. The van der Waals surface area contributed by atoms with Crippen molar-refractivity contribution in [1.29, 1.82) is 0 Å². The van der Waals surface area contributed by atoms with E-state index in [1.165, 1.54) is 0 Å². The third-order valence-electron chi connectivity index (χ3n) is 4.14. The summed E-state index contributed by atoms with van der Waals surface area (Å²) in [7, 11) is 0. The molecule has 0 bridgehead atoms. The Balaban J connectivity index is 1.63. The molecule has 1 unspecified atom stereocenters. The smallest absolute Gasteiger partial charge is 0.291 e. The quantitative estimate of drug-likeness (QED) is 0.841. The molecular weight excluding hydrogens is 340 g/mol. The molecule has 0 aromatic heterocycles. The van der Waals surface area contributed by atoms with E-state index in [0.717, 1.165) is 30.8 Å². The molecule has 0 saturated carbocycles. The summed E-state index contributed by atoms with van der Waals surface area (Å²) in [5.41, 5.74) is 2.00. The Morgan fingerprint density at radius 1 is 1.28 bits per heavy atom. The van der Waals surface area contributed by atoms with Crippen LogP contribution in [0.2, 0.25) is 0 Å². The number of aryl methyl sites for hydroxylation is 1. The fourth-order valence-electron chi connectivity index (χ4n) is 2.68. The van der Waals surface area contributed by atoms with Crippen molar-refractivity contribution in [1.82, 2.24) is 5.32 Å². The van der Waals surface area contributed by atoms with Crippen molar-refractivity contribution >= 4 is 29.3 Å². The molecule has 1 fully saturated rings. The third kappa shape index (κ3) is 4.76. The maximum atomic E-state index is 12.3. The molecule has 2 N–H and O–H groups in total. The number of benzene rings is 1. The topological polar surface area (TPSA) is 76.7 Å². The second kappa shape index (κ2) is 8.40. The lowest BCUT2D eigenvalue weighted by Gasteiger charge is -2.16. The van der Waals surface area contributed by atoms with Crippen molar-refractivity contribution in [2.24, 2.45) is 0 Å². The molecule has 1 aromatic rings. The van der Waals surface area contributed by atoms with Gasteiger partial charge in [0, 0.05) is 35.6 Å². The Bertz CT molecular complexity index is 684. The predicted octanol–water partition coefficient (Wildman–Crippen LogP) is 2.45. The van der Waals surface area contributed by atoms with E-state index >= 15 is 0 Å². The van der Waals surface area contributed by atoms with Crippen LogP contribution in [0.1, 0.15) is 28.8 Å². The van der Waals surface area contributed by atoms with E-state index in [1.807, 2.05) is 13.0 Å². The van der Waals surface area contributed by atoms with E-state index in [0.29, 0.717) is 30.2 Å². The molecule has 2 amide bonds. The van der Waals surface area contributed by atoms with Crippen molar-refractivity contribution < 1.29 is 19.1 Å². The lowest BCUT2D eigenvalue weighted by atomic mass is 10.1. The molecule has 2 heterocycles. The van der Waals surface area contributed by atoms with Gasteiger partial charge < -0.3 is 20.1 Å². The van der Waals surface area contributed by atoms with Gasteiger partial charge in [-0.25, -0.2) is 0 Å². The second-order valence-electron chi connectivity index (χ2n) is 6.03. The van der Waals surface area contributed by atoms with Gasteiger partial charge in [-0.2, -0.15) is 0 Å². The first kappa shape index (κ1) is 17.8. The first-order valence-electron chi connectivity index (χ1n) is 8.40. The summed E-state index contributed by atoms with van der Waals surface area (Å²) in [4.78, 5) is 24.6. The van der Waals surface area contributed by atoms with Gasteiger partial charge in [0.1, 0.15) is 0 Å². The zero-order valence-electron chi connectivity index (χ0n) is 14.2. The Morgan fingerprint density at radius 3 is 2.88 bits per heavy atom. The van der Waals surface area contributed by atoms with E-state index in [2.05, 4.69) is 10.6 Å². The summed E-state index contributed by atoms with van der Waals surface area (Å²) >= 11 is 1.55. The van der Waals surface area contributed by atoms with Gasteiger partial charge in [0.25, 0.3) is 11.8 Å². The summed E-state index contributed by atoms with van der Waals surface area (Å²) in [6, 6.07) is 5.26. The van der Waals surface area contributed by atoms with Gasteiger partial charge in [-0.15, -0.1) is 11.8 Å². The fraction of sp³-hybridized carbons (Fsp3) is 0.444. The minimum absolute atomic E-state index is 0.0986. The highest BCUT2D eigenvalue weighted by Crippen LogP contribution is 2.21. The molecule has 2 aliphatic rings. The Kier molecular flexibility index (Phi) is 5.99. The van der Waals surface area contributed by atoms with Crippen molar-refractivity contribution in [3.8, 4) is 0 Å². The van der Waals surface area contributed by atoms with E-state index in [4.69, 9.17) is 9.47 Å². The van der Waals surface area contributed by atoms with Gasteiger partial charge in [-0.05, 0) is 37.5 Å². The zero-order valence-corrected chi connectivity index (χ0v) is 15.0. The van der Waals surface area contributed by atoms with Crippen LogP contribution in [0.25, 0.3) is 0 Å². The highest BCUT2D eigenvalue weighted by molar-refractivity contribution is 8.02. The van der Waals surface area contributed by atoms with Crippen LogP contribution in [0, 0.1) is 6.92 Å². The van der Waals surface area contributed by atoms with Gasteiger partial charge in [0.05, 0.1) is 12.7 Å². The molecule has 1 saturated heterocycles. The van der Waals surface area contributed by atoms with Crippen LogP contribution in [-0.2, 0) is 14.3 Å². The molecule has 1 atom stereocenters. The number of thioether (sulfide) groups is 1. The van der Waals surface area contributed by atoms with Crippen LogP contribution in [0.3, 0.4) is 0 Å². The standard InChI is InChI=1S/C18H22N2O4S/c1-12-4-5-13(17(21)19-10-14-3-2-6-23-14)9-15(12)20-18(22)16-11-25-8-7-24-16/h4-5,9,11,14H,2-3,6-8,10H2,1H3,(H,19,21)(H,20,22). The molecule has 25 heavy (non-hydrogen) atoms. The number of rotatable bonds is 5. The lowest BCUT2D eigenvalue weighted by molar-refractivity contribution is -0.116. The predicted molar refractivity (Wildman–Crippen MR) is 97.6 cm³/mol. The average molecular weight is 362 g/mol. The average Bonchev–Trinajstić information content (AvgIpc) is 3.16. The third-order valence-corrected chi connectivity index (χ3v) is 4.92. The molecule has 6 nitrogen and oxygen atoms in total. The normalized spacial score (nSPS) is 19.7. The van der Waals surface area contributed by atoms with Crippen molar-refractivity contribution in [2.45, 2.75) is 25.9 Å². The van der Waals surface area contributed by atoms with Crippen LogP contribution in [0.15, 0.2) is 29.4 Å². The van der Waals surface area contributed by atoms with Crippen LogP contribution in [0.5, 0.6) is 0 Å². The Labute approximate surface area is 151 Å². The molecule has 0 spiro atoms. The van der Waals surface area contributed by atoms with Gasteiger partial charge in [-0.3, -0.25) is 9.59 Å². The van der Waals surface area contributed by atoms with Crippen LogP contribution < -0.4 is 10.6 Å². The van der Waals surface area contributed by atoms with Gasteiger partial charge >= 0.3 is 0 Å². The monoisotopic (exact) mass is 362 g/mol. The van der Waals surface area contributed by atoms with Gasteiger partial charge in [0.15, 0.2) is 5.76 Å². The van der Waals surface area contributed by atoms with E-state index < -0.39 is 0 Å². The molecule has 7 heteroatoms. The summed E-state index contributed by atoms with van der Waals surface area (Å²) in [6.07, 6.45) is 2.11. The summed E-state index contributed by atoms with van der Waals surface area (Å²) < 4.78 is 10.9. The molecular formula is C18H22N2O4S. The SMILES string of the molecule is Cc1ccc(C(=O)NCC2CCCO2)cc1NC(=O)C1=CSCCO1. The zero-order chi connectivity index (χ0) is 17.6. The van der Waals surface area contributed by atoms with E-state index in [1.54, 1.807) is 29.3 Å². The van der Waals surface area contributed by atoms with Gasteiger partial charge in [0.2, 0.25) is 0 Å². The maximum Gasteiger partial charge on any atom is 0.291 e. The number of ether oxygens (including phenoxy) is 2. The second-order valence-corrected chi connectivity index (χ2v) is 7.01. The first-order chi connectivity index (χ1) is 12.1. The fourth-order valence-corrected chi connectivity index (χ4v) is 3.31. The maximum absolute atomic E-state index is 12.3. The first-order valence-corrected chi connectivity index (χ1v) is 9.45. The van der Waals surface area contributed by atoms with Crippen molar-refractivity contribution in [3.63, 3.8) is 0 Å². The minimum Gasteiger partial charge on any atom is -0.487 e. The number of carbonyl (C=O) groups is 2. The minimum atomic E-state index is -0.299. The molecule has 3 rings (SSSR count). The van der Waals surface area contributed by atoms with Gasteiger partial charge in [-0.1, -0.05) is 6.07 Å². The number of hydrogen-bond acceptors (Lipinski definition) is 5. The molecule has 2 aliphatic heterocycles. The van der Waals surface area contributed by atoms with Crippen molar-refractivity contribution in [3.05, 3.63) is 40.5 Å². The summed E-state index contributed by atoms with van der Waals surface area (Å²) in [5.74, 6) is 0.682. The number of anilines is 1. The molecule has 0 radical (unpaired) electrons. The number of amides is 2. The number of carbonyl (C=O) groups excluding carboxylic acids is 2. The number of nitrogens with one attached hydrogen (secondary N) is 2. The summed E-state index contributed by atoms with van der Waals surface area (Å²) in [6.45, 7) is 3.67. The van der Waals surface area contributed by atoms with E-state index in [-0.39, 0.29) is 17.9 Å². The van der Waals surface area contributed by atoms with Crippen LogP contribution >= 0.6 is 11.8 Å². The lowest BCUT2D eigenvalue weighted by Crippen LogP contribution is -2.31. The van der Waals surface area contributed by atoms with Crippen LogP contribution in [0.4, 0.5) is 5.69 Å². The molecule has 1 aromatic carbocycles. The highest BCUT2D eigenvalue weighted by atomic mass is 32.2.